The zero-order valence-corrected chi connectivity index (χ0v) is 11.2. The first-order valence-corrected chi connectivity index (χ1v) is 6.55. The van der Waals surface area contributed by atoms with Gasteiger partial charge in [-0.3, -0.25) is 0 Å². The summed E-state index contributed by atoms with van der Waals surface area (Å²) in [5, 5.41) is 12.7. The smallest absolute Gasteiger partial charge is 0.126 e. The largest absolute Gasteiger partial charge is 0.508 e. The normalized spacial score (nSPS) is 12.3. The van der Waals surface area contributed by atoms with Gasteiger partial charge in [-0.2, -0.15) is 0 Å². The first-order chi connectivity index (χ1) is 9.58. The van der Waals surface area contributed by atoms with E-state index in [2.05, 4.69) is 5.32 Å². The monoisotopic (exact) mass is 277 g/mol. The van der Waals surface area contributed by atoms with E-state index in [0.29, 0.717) is 18.5 Å². The van der Waals surface area contributed by atoms with E-state index in [1.54, 1.807) is 18.2 Å². The number of phenolic OH excluding ortho intramolecular Hbond substituents is 1. The lowest BCUT2D eigenvalue weighted by molar-refractivity contribution is 0.473. The number of hydrogen-bond donors (Lipinski definition) is 2. The summed E-state index contributed by atoms with van der Waals surface area (Å²) in [6.45, 7) is 2.62. The van der Waals surface area contributed by atoms with Gasteiger partial charge in [0.25, 0.3) is 0 Å². The summed E-state index contributed by atoms with van der Waals surface area (Å²) in [5.74, 6) is -0.985. The van der Waals surface area contributed by atoms with Crippen LogP contribution in [0.4, 0.5) is 8.78 Å². The molecule has 0 amide bonds. The summed E-state index contributed by atoms with van der Waals surface area (Å²) < 4.78 is 26.6. The van der Waals surface area contributed by atoms with Crippen LogP contribution in [0.2, 0.25) is 0 Å². The lowest BCUT2D eigenvalue weighted by Gasteiger charge is -2.19. The Morgan fingerprint density at radius 1 is 1.10 bits per heavy atom. The standard InChI is InChI=1S/C16H17F2NO/c1-2-19-16(7-11-4-3-5-15(20)6-11)12-8-13(17)10-14(18)9-12/h3-6,8-10,16,19-20H,2,7H2,1H3. The van der Waals surface area contributed by atoms with E-state index in [1.165, 1.54) is 12.1 Å². The van der Waals surface area contributed by atoms with Gasteiger partial charge in [0.1, 0.15) is 17.4 Å². The Labute approximate surface area is 117 Å². The fourth-order valence-corrected chi connectivity index (χ4v) is 2.25. The molecular formula is C16H17F2NO. The Morgan fingerprint density at radius 2 is 1.80 bits per heavy atom. The molecule has 0 aliphatic carbocycles. The van der Waals surface area contributed by atoms with Gasteiger partial charge < -0.3 is 10.4 Å². The summed E-state index contributed by atoms with van der Waals surface area (Å²) in [6.07, 6.45) is 0.547. The van der Waals surface area contributed by atoms with Crippen molar-refractivity contribution < 1.29 is 13.9 Å². The summed E-state index contributed by atoms with van der Waals surface area (Å²) in [5.41, 5.74) is 1.47. The molecule has 2 nitrogen and oxygen atoms in total. The number of nitrogens with one attached hydrogen (secondary N) is 1. The van der Waals surface area contributed by atoms with Crippen molar-refractivity contribution in [2.24, 2.45) is 0 Å². The second kappa shape index (κ2) is 6.48. The first-order valence-electron chi connectivity index (χ1n) is 6.55. The van der Waals surface area contributed by atoms with Gasteiger partial charge in [-0.1, -0.05) is 19.1 Å². The molecule has 1 unspecified atom stereocenters. The van der Waals surface area contributed by atoms with E-state index < -0.39 is 11.6 Å². The molecule has 106 valence electrons. The SMILES string of the molecule is CCNC(Cc1cccc(O)c1)c1cc(F)cc(F)c1. The van der Waals surface area contributed by atoms with Crippen LogP contribution in [0.15, 0.2) is 42.5 Å². The minimum Gasteiger partial charge on any atom is -0.508 e. The van der Waals surface area contributed by atoms with Crippen LogP contribution in [0.3, 0.4) is 0 Å². The molecule has 2 aromatic rings. The Balaban J connectivity index is 2.26. The molecule has 4 heteroatoms. The van der Waals surface area contributed by atoms with Gasteiger partial charge >= 0.3 is 0 Å². The van der Waals surface area contributed by atoms with Gasteiger partial charge in [0.2, 0.25) is 0 Å². The van der Waals surface area contributed by atoms with Crippen molar-refractivity contribution in [1.82, 2.24) is 5.32 Å². The Morgan fingerprint density at radius 3 is 2.40 bits per heavy atom. The highest BCUT2D eigenvalue weighted by Crippen LogP contribution is 2.22. The Bertz CT molecular complexity index is 566. The van der Waals surface area contributed by atoms with Gasteiger partial charge in [-0.25, -0.2) is 8.78 Å². The lowest BCUT2D eigenvalue weighted by atomic mass is 9.98. The Hall–Kier alpha value is -1.94. The molecule has 0 bridgehead atoms. The van der Waals surface area contributed by atoms with Crippen LogP contribution in [0.25, 0.3) is 0 Å². The number of phenols is 1. The van der Waals surface area contributed by atoms with Gasteiger partial charge in [0.05, 0.1) is 0 Å². The molecule has 0 radical (unpaired) electrons. The average molecular weight is 277 g/mol. The number of rotatable bonds is 5. The molecular weight excluding hydrogens is 260 g/mol. The minimum atomic E-state index is -0.584. The van der Waals surface area contributed by atoms with E-state index in [-0.39, 0.29) is 11.8 Å². The number of aromatic hydroxyl groups is 1. The van der Waals surface area contributed by atoms with E-state index in [1.807, 2.05) is 13.0 Å². The molecule has 0 aliphatic rings. The third kappa shape index (κ3) is 3.78. The quantitative estimate of drug-likeness (QED) is 0.875. The van der Waals surface area contributed by atoms with Crippen molar-refractivity contribution in [3.63, 3.8) is 0 Å². The molecule has 0 spiro atoms. The van der Waals surface area contributed by atoms with E-state index in [4.69, 9.17) is 0 Å². The third-order valence-electron chi connectivity index (χ3n) is 3.09. The van der Waals surface area contributed by atoms with E-state index in [9.17, 15) is 13.9 Å². The highest BCUT2D eigenvalue weighted by atomic mass is 19.1. The van der Waals surface area contributed by atoms with Crippen LogP contribution in [0, 0.1) is 11.6 Å². The van der Waals surface area contributed by atoms with Crippen LogP contribution in [0.5, 0.6) is 5.75 Å². The van der Waals surface area contributed by atoms with E-state index in [0.717, 1.165) is 11.6 Å². The molecule has 2 N–H and O–H groups in total. The summed E-state index contributed by atoms with van der Waals surface area (Å²) in [7, 11) is 0. The zero-order chi connectivity index (χ0) is 14.5. The van der Waals surface area contributed by atoms with Crippen molar-refractivity contribution in [2.75, 3.05) is 6.54 Å². The maximum atomic E-state index is 13.3. The van der Waals surface area contributed by atoms with Gasteiger partial charge in [0, 0.05) is 12.1 Å². The number of likely N-dealkylation sites (N-methyl/N-ethyl adjacent to an activating group) is 1. The van der Waals surface area contributed by atoms with Crippen LogP contribution in [-0.2, 0) is 6.42 Å². The molecule has 2 rings (SSSR count). The van der Waals surface area contributed by atoms with E-state index >= 15 is 0 Å². The predicted octanol–water partition coefficient (Wildman–Crippen LogP) is 3.56. The summed E-state index contributed by atoms with van der Waals surface area (Å²) >= 11 is 0. The highest BCUT2D eigenvalue weighted by molar-refractivity contribution is 5.30. The van der Waals surface area contributed by atoms with Crippen LogP contribution < -0.4 is 5.32 Å². The first kappa shape index (κ1) is 14.5. The van der Waals surface area contributed by atoms with Crippen LogP contribution >= 0.6 is 0 Å². The molecule has 0 fully saturated rings. The molecule has 1 atom stereocenters. The molecule has 0 saturated heterocycles. The lowest BCUT2D eigenvalue weighted by Crippen LogP contribution is -2.23. The number of hydrogen-bond acceptors (Lipinski definition) is 2. The second-order valence-electron chi connectivity index (χ2n) is 4.69. The van der Waals surface area contributed by atoms with Crippen LogP contribution in [-0.4, -0.2) is 11.7 Å². The zero-order valence-electron chi connectivity index (χ0n) is 11.2. The fourth-order valence-electron chi connectivity index (χ4n) is 2.25. The van der Waals surface area contributed by atoms with Crippen molar-refractivity contribution in [2.45, 2.75) is 19.4 Å². The predicted molar refractivity (Wildman–Crippen MR) is 74.6 cm³/mol. The maximum Gasteiger partial charge on any atom is 0.126 e. The van der Waals surface area contributed by atoms with Crippen molar-refractivity contribution in [3.05, 3.63) is 65.2 Å². The minimum absolute atomic E-state index is 0.183. The highest BCUT2D eigenvalue weighted by Gasteiger charge is 2.13. The molecule has 0 saturated carbocycles. The topological polar surface area (TPSA) is 32.3 Å². The molecule has 20 heavy (non-hydrogen) atoms. The fraction of sp³-hybridized carbons (Fsp3) is 0.250. The number of benzene rings is 2. The van der Waals surface area contributed by atoms with Crippen molar-refractivity contribution in [3.8, 4) is 5.75 Å². The molecule has 2 aromatic carbocycles. The summed E-state index contributed by atoms with van der Waals surface area (Å²) in [4.78, 5) is 0. The van der Waals surface area contributed by atoms with Gasteiger partial charge in [-0.05, 0) is 48.4 Å². The van der Waals surface area contributed by atoms with Crippen molar-refractivity contribution >= 4 is 0 Å². The molecule has 0 aliphatic heterocycles. The number of halogens is 2. The summed E-state index contributed by atoms with van der Waals surface area (Å²) in [6, 6.07) is 10.2. The third-order valence-corrected chi connectivity index (χ3v) is 3.09. The van der Waals surface area contributed by atoms with Crippen molar-refractivity contribution in [1.29, 1.82) is 0 Å². The molecule has 0 aromatic heterocycles. The molecule has 0 heterocycles. The average Bonchev–Trinajstić information content (AvgIpc) is 2.37. The maximum absolute atomic E-state index is 13.3. The van der Waals surface area contributed by atoms with Gasteiger partial charge in [0.15, 0.2) is 0 Å². The second-order valence-corrected chi connectivity index (χ2v) is 4.69. The Kier molecular flexibility index (Phi) is 4.69. The van der Waals surface area contributed by atoms with Crippen LogP contribution in [0.1, 0.15) is 24.1 Å². The van der Waals surface area contributed by atoms with Gasteiger partial charge in [-0.15, -0.1) is 0 Å².